The molecule has 2 aliphatic heterocycles. The molecule has 25 heavy (non-hydrogen) atoms. The number of likely N-dealkylation sites (tertiary alicyclic amines) is 1. The van der Waals surface area contributed by atoms with Crippen molar-refractivity contribution in [1.29, 1.82) is 0 Å². The van der Waals surface area contributed by atoms with E-state index in [9.17, 15) is 19.5 Å². The molecule has 1 aromatic rings. The van der Waals surface area contributed by atoms with E-state index in [0.29, 0.717) is 17.5 Å². The van der Waals surface area contributed by atoms with Crippen molar-refractivity contribution in [1.82, 2.24) is 9.80 Å². The van der Waals surface area contributed by atoms with E-state index in [2.05, 4.69) is 0 Å². The van der Waals surface area contributed by atoms with E-state index in [4.69, 9.17) is 4.74 Å². The fraction of sp³-hybridized carbons (Fsp3) is 0.500. The predicted octanol–water partition coefficient (Wildman–Crippen LogP) is 1.65. The molecule has 1 aromatic carbocycles. The molecule has 0 saturated carbocycles. The molecule has 0 bridgehead atoms. The third-order valence-corrected chi connectivity index (χ3v) is 4.29. The van der Waals surface area contributed by atoms with Crippen LogP contribution in [0.25, 0.3) is 0 Å². The third-order valence-electron chi connectivity index (χ3n) is 4.29. The van der Waals surface area contributed by atoms with E-state index >= 15 is 0 Å². The number of carbonyl (C=O) groups is 3. The number of aliphatic hydroxyl groups excluding tert-OH is 1. The molecule has 2 aliphatic rings. The van der Waals surface area contributed by atoms with Gasteiger partial charge in [0.1, 0.15) is 5.60 Å². The summed E-state index contributed by atoms with van der Waals surface area (Å²) < 4.78 is 5.37. The summed E-state index contributed by atoms with van der Waals surface area (Å²) in [5.41, 5.74) is 0.0785. The minimum absolute atomic E-state index is 0.0443. The molecular formula is C18H22N2O5. The highest BCUT2D eigenvalue weighted by molar-refractivity contribution is 6.21. The summed E-state index contributed by atoms with van der Waals surface area (Å²) in [4.78, 5) is 39.9. The minimum Gasteiger partial charge on any atom is -0.444 e. The highest BCUT2D eigenvalue weighted by Gasteiger charge is 2.42. The van der Waals surface area contributed by atoms with Crippen LogP contribution in [0.4, 0.5) is 4.79 Å². The molecule has 2 heterocycles. The van der Waals surface area contributed by atoms with E-state index < -0.39 is 23.8 Å². The molecular weight excluding hydrogens is 324 g/mol. The van der Waals surface area contributed by atoms with Gasteiger partial charge in [-0.15, -0.1) is 0 Å². The maximum atomic E-state index is 12.5. The van der Waals surface area contributed by atoms with Crippen molar-refractivity contribution >= 4 is 17.9 Å². The van der Waals surface area contributed by atoms with E-state index in [1.807, 2.05) is 0 Å². The number of fused-ring (bicyclic) bond motifs is 1. The number of hydrogen-bond acceptors (Lipinski definition) is 5. The predicted molar refractivity (Wildman–Crippen MR) is 89.2 cm³/mol. The first kappa shape index (κ1) is 17.4. The van der Waals surface area contributed by atoms with Gasteiger partial charge in [0, 0.05) is 0 Å². The number of benzene rings is 1. The number of β-amino-alcohol motifs (C(OH)–C–C–N with tert-alkyl or cyclic N) is 1. The van der Waals surface area contributed by atoms with Crippen LogP contribution in [0.3, 0.4) is 0 Å². The number of amides is 3. The maximum absolute atomic E-state index is 12.5. The molecule has 0 aromatic heterocycles. The maximum Gasteiger partial charge on any atom is 0.410 e. The van der Waals surface area contributed by atoms with Gasteiger partial charge in [-0.25, -0.2) is 4.79 Å². The van der Waals surface area contributed by atoms with Gasteiger partial charge in [-0.3, -0.25) is 14.5 Å². The Morgan fingerprint density at radius 3 is 2.28 bits per heavy atom. The van der Waals surface area contributed by atoms with Crippen LogP contribution in [-0.4, -0.2) is 63.7 Å². The van der Waals surface area contributed by atoms with Crippen LogP contribution in [0.2, 0.25) is 0 Å². The van der Waals surface area contributed by atoms with Gasteiger partial charge < -0.3 is 14.7 Å². The molecule has 1 fully saturated rings. The SMILES string of the molecule is CC(C)(C)OC(=O)N1C[C@H](O)C[C@H]1CN1C(=O)c2ccccc2C1=O. The van der Waals surface area contributed by atoms with Gasteiger partial charge in [-0.05, 0) is 39.3 Å². The summed E-state index contributed by atoms with van der Waals surface area (Å²) >= 11 is 0. The van der Waals surface area contributed by atoms with Crippen LogP contribution >= 0.6 is 0 Å². The lowest BCUT2D eigenvalue weighted by Gasteiger charge is -2.30. The lowest BCUT2D eigenvalue weighted by atomic mass is 10.1. The van der Waals surface area contributed by atoms with Crippen molar-refractivity contribution in [2.24, 2.45) is 0 Å². The molecule has 7 heteroatoms. The fourth-order valence-corrected chi connectivity index (χ4v) is 3.22. The van der Waals surface area contributed by atoms with Gasteiger partial charge in [0.2, 0.25) is 0 Å². The zero-order valence-electron chi connectivity index (χ0n) is 14.6. The van der Waals surface area contributed by atoms with Crippen molar-refractivity contribution in [3.05, 3.63) is 35.4 Å². The Bertz CT molecular complexity index is 689. The quantitative estimate of drug-likeness (QED) is 0.823. The summed E-state index contributed by atoms with van der Waals surface area (Å²) in [5, 5.41) is 9.96. The smallest absolute Gasteiger partial charge is 0.410 e. The zero-order valence-corrected chi connectivity index (χ0v) is 14.6. The number of rotatable bonds is 2. The number of hydrogen-bond donors (Lipinski definition) is 1. The van der Waals surface area contributed by atoms with E-state index in [-0.39, 0.29) is 24.9 Å². The molecule has 7 nitrogen and oxygen atoms in total. The topological polar surface area (TPSA) is 87.2 Å². The highest BCUT2D eigenvalue weighted by atomic mass is 16.6. The molecule has 1 N–H and O–H groups in total. The molecule has 0 spiro atoms. The average Bonchev–Trinajstić information content (AvgIpc) is 3.00. The van der Waals surface area contributed by atoms with Gasteiger partial charge in [0.15, 0.2) is 0 Å². The van der Waals surface area contributed by atoms with Crippen LogP contribution in [0.1, 0.15) is 47.9 Å². The Kier molecular flexibility index (Phi) is 4.28. The second-order valence-electron chi connectivity index (χ2n) is 7.44. The number of ether oxygens (including phenoxy) is 1. The van der Waals surface area contributed by atoms with Gasteiger partial charge in [0.25, 0.3) is 11.8 Å². The van der Waals surface area contributed by atoms with Crippen molar-refractivity contribution in [3.63, 3.8) is 0 Å². The van der Waals surface area contributed by atoms with Crippen molar-refractivity contribution in [3.8, 4) is 0 Å². The fourth-order valence-electron chi connectivity index (χ4n) is 3.22. The first-order valence-corrected chi connectivity index (χ1v) is 8.30. The van der Waals surface area contributed by atoms with Crippen LogP contribution in [0.15, 0.2) is 24.3 Å². The molecule has 134 valence electrons. The summed E-state index contributed by atoms with van der Waals surface area (Å²) in [6.07, 6.45) is -0.953. The molecule has 1 saturated heterocycles. The summed E-state index contributed by atoms with van der Waals surface area (Å²) in [7, 11) is 0. The molecule has 0 unspecified atom stereocenters. The Balaban J connectivity index is 1.76. The normalized spacial score (nSPS) is 23.2. The van der Waals surface area contributed by atoms with E-state index in [0.717, 1.165) is 4.90 Å². The number of imide groups is 1. The van der Waals surface area contributed by atoms with Crippen molar-refractivity contribution in [2.45, 2.75) is 44.9 Å². The standard InChI is InChI=1S/C18H22N2O5/c1-18(2,3)25-17(24)19-10-12(21)8-11(19)9-20-15(22)13-6-4-5-7-14(13)16(20)23/h4-7,11-12,21H,8-10H2,1-3H3/t11-,12+/m0/s1. The zero-order chi connectivity index (χ0) is 18.4. The molecule has 3 rings (SSSR count). The number of aliphatic hydroxyl groups is 1. The second kappa shape index (κ2) is 6.15. The van der Waals surface area contributed by atoms with E-state index in [1.165, 1.54) is 4.90 Å². The highest BCUT2D eigenvalue weighted by Crippen LogP contribution is 2.27. The van der Waals surface area contributed by atoms with E-state index in [1.54, 1.807) is 45.0 Å². The van der Waals surface area contributed by atoms with Crippen LogP contribution in [0.5, 0.6) is 0 Å². The molecule has 0 aliphatic carbocycles. The summed E-state index contributed by atoms with van der Waals surface area (Å²) in [6.45, 7) is 5.45. The lowest BCUT2D eigenvalue weighted by molar-refractivity contribution is 0.0177. The third kappa shape index (κ3) is 3.37. The Labute approximate surface area is 146 Å². The largest absolute Gasteiger partial charge is 0.444 e. The summed E-state index contributed by atoms with van der Waals surface area (Å²) in [6, 6.07) is 6.18. The monoisotopic (exact) mass is 346 g/mol. The number of nitrogens with zero attached hydrogens (tertiary/aromatic N) is 2. The molecule has 2 atom stereocenters. The van der Waals surface area contributed by atoms with Crippen LogP contribution < -0.4 is 0 Å². The minimum atomic E-state index is -0.701. The molecule has 0 radical (unpaired) electrons. The Morgan fingerprint density at radius 1 is 1.20 bits per heavy atom. The first-order valence-electron chi connectivity index (χ1n) is 8.30. The average molecular weight is 346 g/mol. The Morgan fingerprint density at radius 2 is 1.76 bits per heavy atom. The molecule has 3 amide bonds. The lowest BCUT2D eigenvalue weighted by Crippen LogP contribution is -2.46. The first-order chi connectivity index (χ1) is 11.7. The second-order valence-corrected chi connectivity index (χ2v) is 7.44. The van der Waals surface area contributed by atoms with Gasteiger partial charge in [-0.2, -0.15) is 0 Å². The van der Waals surface area contributed by atoms with Gasteiger partial charge >= 0.3 is 6.09 Å². The van der Waals surface area contributed by atoms with Crippen molar-refractivity contribution in [2.75, 3.05) is 13.1 Å². The van der Waals surface area contributed by atoms with Crippen molar-refractivity contribution < 1.29 is 24.2 Å². The Hall–Kier alpha value is -2.41. The van der Waals surface area contributed by atoms with Gasteiger partial charge in [0.05, 0.1) is 36.4 Å². The van der Waals surface area contributed by atoms with Crippen LogP contribution in [-0.2, 0) is 4.74 Å². The summed E-state index contributed by atoms with van der Waals surface area (Å²) in [5.74, 6) is -0.739. The van der Waals surface area contributed by atoms with Gasteiger partial charge in [-0.1, -0.05) is 12.1 Å². The van der Waals surface area contributed by atoms with Crippen LogP contribution in [0, 0.1) is 0 Å². The number of carbonyl (C=O) groups excluding carboxylic acids is 3.